The third-order valence-corrected chi connectivity index (χ3v) is 2.75. The lowest BCUT2D eigenvalue weighted by Gasteiger charge is -2.01. The molecule has 0 aliphatic rings. The first kappa shape index (κ1) is 14.5. The van der Waals surface area contributed by atoms with E-state index < -0.39 is 11.6 Å². The molecule has 0 amide bonds. The zero-order valence-electron chi connectivity index (χ0n) is 11.0. The van der Waals surface area contributed by atoms with Crippen molar-refractivity contribution in [3.05, 3.63) is 77.6 Å². The van der Waals surface area contributed by atoms with E-state index >= 15 is 0 Å². The quantitative estimate of drug-likeness (QED) is 0.664. The number of aliphatic hydroxyl groups excluding tert-OH is 1. The highest BCUT2D eigenvalue weighted by Crippen LogP contribution is 2.22. The molecule has 0 saturated carbocycles. The molecule has 0 saturated heterocycles. The van der Waals surface area contributed by atoms with Gasteiger partial charge in [-0.3, -0.25) is 4.79 Å². The van der Waals surface area contributed by atoms with Gasteiger partial charge in [-0.15, -0.1) is 0 Å². The summed E-state index contributed by atoms with van der Waals surface area (Å²) in [5, 5.41) is 19.4. The van der Waals surface area contributed by atoms with Gasteiger partial charge in [0.1, 0.15) is 17.3 Å². The summed E-state index contributed by atoms with van der Waals surface area (Å²) in [5.74, 6) is -1.31. The molecule has 0 aliphatic heterocycles. The highest BCUT2D eigenvalue weighted by atomic mass is 19.1. The molecule has 0 fully saturated rings. The fourth-order valence-corrected chi connectivity index (χ4v) is 1.74. The Morgan fingerprint density at radius 1 is 1.10 bits per heavy atom. The van der Waals surface area contributed by atoms with Crippen LogP contribution in [0.5, 0.6) is 5.75 Å². The van der Waals surface area contributed by atoms with Crippen molar-refractivity contribution >= 4 is 17.6 Å². The molecule has 21 heavy (non-hydrogen) atoms. The van der Waals surface area contributed by atoms with Gasteiger partial charge in [-0.25, -0.2) is 4.39 Å². The molecule has 2 rings (SSSR count). The number of carbonyl (C=O) groups is 1. The minimum atomic E-state index is -0.472. The van der Waals surface area contributed by atoms with Crippen LogP contribution in [-0.2, 0) is 4.79 Å². The third-order valence-electron chi connectivity index (χ3n) is 2.75. The molecular weight excluding hydrogens is 271 g/mol. The topological polar surface area (TPSA) is 57.5 Å². The fraction of sp³-hybridized carbons (Fsp3) is 0. The molecule has 0 unspecified atom stereocenters. The van der Waals surface area contributed by atoms with E-state index in [9.17, 15) is 19.4 Å². The number of carbonyl (C=O) groups excluding carboxylic acids is 1. The fourth-order valence-electron chi connectivity index (χ4n) is 1.74. The minimum Gasteiger partial charge on any atom is -0.507 e. The van der Waals surface area contributed by atoms with Crippen LogP contribution in [0.15, 0.2) is 60.7 Å². The molecule has 0 radical (unpaired) electrons. The Kier molecular flexibility index (Phi) is 4.51. The average molecular weight is 284 g/mol. The van der Waals surface area contributed by atoms with E-state index in [0.717, 1.165) is 6.08 Å². The lowest BCUT2D eigenvalue weighted by molar-refractivity contribution is -0.110. The average Bonchev–Trinajstić information content (AvgIpc) is 2.45. The number of phenolic OH excluding ortho intramolecular Hbond substituents is 1. The lowest BCUT2D eigenvalue weighted by Crippen LogP contribution is -1.91. The Bertz CT molecular complexity index is 717. The van der Waals surface area contributed by atoms with Crippen LogP contribution in [0.1, 0.15) is 11.1 Å². The summed E-state index contributed by atoms with van der Waals surface area (Å²) in [4.78, 5) is 11.7. The van der Waals surface area contributed by atoms with Gasteiger partial charge in [-0.05, 0) is 35.9 Å². The number of halogens is 1. The highest BCUT2D eigenvalue weighted by molar-refractivity contribution is 6.05. The molecule has 0 atom stereocenters. The molecule has 4 heteroatoms. The van der Waals surface area contributed by atoms with Gasteiger partial charge in [0.05, 0.1) is 5.56 Å². The van der Waals surface area contributed by atoms with Crippen molar-refractivity contribution in [1.29, 1.82) is 0 Å². The van der Waals surface area contributed by atoms with E-state index in [0.29, 0.717) is 5.56 Å². The SMILES string of the molecule is O=C(/C=C(\O)c1ccccc1O)/C=C/c1cccc(F)c1. The number of para-hydroxylation sites is 1. The van der Waals surface area contributed by atoms with Crippen molar-refractivity contribution in [1.82, 2.24) is 0 Å². The van der Waals surface area contributed by atoms with Gasteiger partial charge >= 0.3 is 0 Å². The maximum atomic E-state index is 13.0. The largest absolute Gasteiger partial charge is 0.507 e. The summed E-state index contributed by atoms with van der Waals surface area (Å²) in [6, 6.07) is 11.9. The molecule has 106 valence electrons. The van der Waals surface area contributed by atoms with Gasteiger partial charge in [0.25, 0.3) is 0 Å². The Morgan fingerprint density at radius 3 is 2.57 bits per heavy atom. The summed E-state index contributed by atoms with van der Waals surface area (Å²) >= 11 is 0. The Labute approximate surface area is 121 Å². The van der Waals surface area contributed by atoms with Crippen molar-refractivity contribution < 1.29 is 19.4 Å². The molecule has 0 aromatic heterocycles. The van der Waals surface area contributed by atoms with E-state index in [1.807, 2.05) is 0 Å². The molecule has 3 nitrogen and oxygen atoms in total. The molecule has 2 aromatic rings. The predicted molar refractivity (Wildman–Crippen MR) is 79.2 cm³/mol. The zero-order chi connectivity index (χ0) is 15.2. The maximum absolute atomic E-state index is 13.0. The van der Waals surface area contributed by atoms with Gasteiger partial charge in [0.2, 0.25) is 0 Å². The first-order valence-corrected chi connectivity index (χ1v) is 6.23. The Hall–Kier alpha value is -2.88. The first-order valence-electron chi connectivity index (χ1n) is 6.23. The second-order valence-electron chi connectivity index (χ2n) is 4.34. The molecule has 0 spiro atoms. The second kappa shape index (κ2) is 6.52. The number of allylic oxidation sites excluding steroid dienone is 2. The number of rotatable bonds is 4. The Balaban J connectivity index is 2.14. The molecule has 0 heterocycles. The molecule has 2 aromatic carbocycles. The molecule has 0 aliphatic carbocycles. The monoisotopic (exact) mass is 284 g/mol. The van der Waals surface area contributed by atoms with Crippen molar-refractivity contribution in [2.75, 3.05) is 0 Å². The van der Waals surface area contributed by atoms with E-state index in [1.165, 1.54) is 42.5 Å². The lowest BCUT2D eigenvalue weighted by atomic mass is 10.1. The van der Waals surface area contributed by atoms with Gasteiger partial charge in [0.15, 0.2) is 5.78 Å². The predicted octanol–water partition coefficient (Wildman–Crippen LogP) is 3.71. The van der Waals surface area contributed by atoms with Crippen LogP contribution in [0.2, 0.25) is 0 Å². The van der Waals surface area contributed by atoms with Crippen LogP contribution >= 0.6 is 0 Å². The smallest absolute Gasteiger partial charge is 0.182 e. The van der Waals surface area contributed by atoms with E-state index in [1.54, 1.807) is 18.2 Å². The van der Waals surface area contributed by atoms with Gasteiger partial charge in [0, 0.05) is 6.08 Å². The van der Waals surface area contributed by atoms with Crippen LogP contribution in [0, 0.1) is 5.82 Å². The van der Waals surface area contributed by atoms with Crippen molar-refractivity contribution in [3.63, 3.8) is 0 Å². The number of phenols is 1. The summed E-state index contributed by atoms with van der Waals surface area (Å²) < 4.78 is 13.0. The summed E-state index contributed by atoms with van der Waals surface area (Å²) in [7, 11) is 0. The molecular formula is C17H13FO3. The van der Waals surface area contributed by atoms with Crippen molar-refractivity contribution in [2.24, 2.45) is 0 Å². The van der Waals surface area contributed by atoms with Crippen LogP contribution in [0.3, 0.4) is 0 Å². The number of aliphatic hydroxyl groups is 1. The van der Waals surface area contributed by atoms with Crippen LogP contribution in [-0.4, -0.2) is 16.0 Å². The normalized spacial score (nSPS) is 11.8. The molecule has 0 bridgehead atoms. The number of hydrogen-bond donors (Lipinski definition) is 2. The van der Waals surface area contributed by atoms with Crippen LogP contribution in [0.25, 0.3) is 11.8 Å². The minimum absolute atomic E-state index is 0.117. The highest BCUT2D eigenvalue weighted by Gasteiger charge is 2.05. The zero-order valence-corrected chi connectivity index (χ0v) is 11.0. The summed E-state index contributed by atoms with van der Waals surface area (Å²) in [6.45, 7) is 0. The number of ketones is 1. The van der Waals surface area contributed by atoms with Gasteiger partial charge in [-0.1, -0.05) is 30.3 Å². The number of hydrogen-bond acceptors (Lipinski definition) is 3. The van der Waals surface area contributed by atoms with Gasteiger partial charge in [-0.2, -0.15) is 0 Å². The van der Waals surface area contributed by atoms with E-state index in [4.69, 9.17) is 0 Å². The maximum Gasteiger partial charge on any atom is 0.182 e. The standard InChI is InChI=1S/C17H13FO3/c18-13-5-3-4-12(10-13)8-9-14(19)11-17(21)15-6-1-2-7-16(15)20/h1-11,20-21H/b9-8+,17-11-. The van der Waals surface area contributed by atoms with E-state index in [-0.39, 0.29) is 17.1 Å². The second-order valence-corrected chi connectivity index (χ2v) is 4.34. The van der Waals surface area contributed by atoms with Crippen molar-refractivity contribution in [3.8, 4) is 5.75 Å². The summed E-state index contributed by atoms with van der Waals surface area (Å²) in [6.07, 6.45) is 3.65. The summed E-state index contributed by atoms with van der Waals surface area (Å²) in [5.41, 5.74) is 0.712. The van der Waals surface area contributed by atoms with Gasteiger partial charge < -0.3 is 10.2 Å². The molecule has 2 N–H and O–H groups in total. The van der Waals surface area contributed by atoms with E-state index in [2.05, 4.69) is 0 Å². The van der Waals surface area contributed by atoms with Crippen LogP contribution < -0.4 is 0 Å². The third kappa shape index (κ3) is 4.04. The Morgan fingerprint density at radius 2 is 1.86 bits per heavy atom. The van der Waals surface area contributed by atoms with Crippen molar-refractivity contribution in [2.45, 2.75) is 0 Å². The van der Waals surface area contributed by atoms with Crippen LogP contribution in [0.4, 0.5) is 4.39 Å². The number of aromatic hydroxyl groups is 1. The first-order chi connectivity index (χ1) is 10.1. The number of benzene rings is 2.